The summed E-state index contributed by atoms with van der Waals surface area (Å²) in [6.45, 7) is 0. The summed E-state index contributed by atoms with van der Waals surface area (Å²) in [4.78, 5) is 19.5. The maximum absolute atomic E-state index is 12.9. The summed E-state index contributed by atoms with van der Waals surface area (Å²) in [5, 5.41) is 12.3. The van der Waals surface area contributed by atoms with Gasteiger partial charge in [-0.05, 0) is 41.8 Å². The molecule has 0 aliphatic carbocycles. The average Bonchev–Trinajstić information content (AvgIpc) is 2.72. The fourth-order valence-electron chi connectivity index (χ4n) is 3.18. The van der Waals surface area contributed by atoms with E-state index >= 15 is 0 Å². The summed E-state index contributed by atoms with van der Waals surface area (Å²) in [5.74, 6) is -1.46. The van der Waals surface area contributed by atoms with E-state index in [1.54, 1.807) is 0 Å². The fourth-order valence-corrected chi connectivity index (χ4v) is 4.53. The molecular weight excluding hydrogens is 579 g/mol. The van der Waals surface area contributed by atoms with Gasteiger partial charge in [0.15, 0.2) is 10.3 Å². The van der Waals surface area contributed by atoms with E-state index in [4.69, 9.17) is 23.2 Å². The van der Waals surface area contributed by atoms with Crippen LogP contribution >= 0.6 is 23.2 Å². The molecule has 17 heteroatoms. The van der Waals surface area contributed by atoms with Crippen LogP contribution in [0, 0.1) is 0 Å². The Morgan fingerprint density at radius 3 is 1.89 bits per heavy atom. The molecule has 0 bridgehead atoms. The molecule has 0 spiro atoms. The number of fused-ring (bicyclic) bond motifs is 2. The molecule has 178 valence electrons. The number of benzene rings is 3. The molecule has 0 saturated carbocycles. The Bertz CT molecular complexity index is 1750. The van der Waals surface area contributed by atoms with Gasteiger partial charge in [0, 0.05) is 76.1 Å². The van der Waals surface area contributed by atoms with Crippen molar-refractivity contribution in [3.05, 3.63) is 58.3 Å². The monoisotopic (exact) mass is 589 g/mol. The van der Waals surface area contributed by atoms with Gasteiger partial charge in [0.1, 0.15) is 5.75 Å². The molecule has 0 fully saturated rings. The number of aromatic hydroxyl groups is 1. The minimum atomic E-state index is -4.81. The molecule has 4 N–H and O–H groups in total. The molecule has 36 heavy (non-hydrogen) atoms. The van der Waals surface area contributed by atoms with Gasteiger partial charge in [-0.3, -0.25) is 13.9 Å². The zero-order chi connectivity index (χ0) is 25.0. The van der Waals surface area contributed by atoms with E-state index < -0.39 is 41.7 Å². The van der Waals surface area contributed by atoms with Gasteiger partial charge in [0.2, 0.25) is 0 Å². The van der Waals surface area contributed by atoms with Gasteiger partial charge in [-0.25, -0.2) is 9.97 Å². The number of amides is 1. The number of anilines is 1. The second kappa shape index (κ2) is 11.4. The van der Waals surface area contributed by atoms with Crippen LogP contribution in [0.3, 0.4) is 0 Å². The fraction of sp³-hybridized carbons (Fsp3) is 0. The smallest absolute Gasteiger partial charge is 0.294 e. The first-order valence-electron chi connectivity index (χ1n) is 8.94. The molecular formula is C19H11Cl2N3Na2O8S2. The molecule has 4 rings (SSSR count). The maximum atomic E-state index is 12.9. The molecule has 1 heterocycles. The van der Waals surface area contributed by atoms with Crippen LogP contribution in [-0.4, -0.2) is 106 Å². The molecule has 2 radical (unpaired) electrons. The normalized spacial score (nSPS) is 11.6. The number of nitrogens with one attached hydrogen (secondary N) is 1. The number of phenolic OH excluding ortho intramolecular Hbond substituents is 1. The molecule has 0 aliphatic rings. The minimum Gasteiger partial charge on any atom is -0.507 e. The van der Waals surface area contributed by atoms with E-state index in [2.05, 4.69) is 15.3 Å². The minimum absolute atomic E-state index is 0. The van der Waals surface area contributed by atoms with E-state index in [0.717, 1.165) is 24.3 Å². The van der Waals surface area contributed by atoms with Gasteiger partial charge in [-0.1, -0.05) is 23.2 Å². The third-order valence-corrected chi connectivity index (χ3v) is 6.95. The van der Waals surface area contributed by atoms with Crippen molar-refractivity contribution in [1.82, 2.24) is 9.97 Å². The molecule has 1 amide bonds. The van der Waals surface area contributed by atoms with Crippen LogP contribution in [0.25, 0.3) is 21.8 Å². The van der Waals surface area contributed by atoms with Crippen molar-refractivity contribution in [2.75, 3.05) is 5.32 Å². The van der Waals surface area contributed by atoms with Gasteiger partial charge in [0.25, 0.3) is 26.1 Å². The topological polar surface area (TPSA) is 184 Å². The van der Waals surface area contributed by atoms with Gasteiger partial charge in [0.05, 0.1) is 26.5 Å². The van der Waals surface area contributed by atoms with Crippen LogP contribution in [-0.2, 0) is 20.2 Å². The first kappa shape index (κ1) is 31.1. The van der Waals surface area contributed by atoms with E-state index in [0.29, 0.717) is 5.52 Å². The molecule has 0 atom stereocenters. The predicted octanol–water partition coefficient (Wildman–Crippen LogP) is 2.78. The summed E-state index contributed by atoms with van der Waals surface area (Å²) in [6.07, 6.45) is 0. The van der Waals surface area contributed by atoms with E-state index in [9.17, 15) is 35.8 Å². The predicted molar refractivity (Wildman–Crippen MR) is 134 cm³/mol. The molecule has 1 aromatic heterocycles. The molecule has 0 unspecified atom stereocenters. The van der Waals surface area contributed by atoms with Crippen molar-refractivity contribution in [2.45, 2.75) is 9.79 Å². The molecule has 0 saturated heterocycles. The number of hydrogen-bond donors (Lipinski definition) is 4. The first-order chi connectivity index (χ1) is 15.7. The van der Waals surface area contributed by atoms with Gasteiger partial charge in [-0.2, -0.15) is 16.8 Å². The Morgan fingerprint density at radius 1 is 0.806 bits per heavy atom. The molecule has 0 aliphatic heterocycles. The molecule has 11 nitrogen and oxygen atoms in total. The van der Waals surface area contributed by atoms with Crippen molar-refractivity contribution in [1.29, 1.82) is 0 Å². The van der Waals surface area contributed by atoms with Crippen LogP contribution in [0.4, 0.5) is 5.69 Å². The summed E-state index contributed by atoms with van der Waals surface area (Å²) in [7, 11) is -9.57. The van der Waals surface area contributed by atoms with Crippen molar-refractivity contribution in [3.8, 4) is 5.75 Å². The number of carbonyl (C=O) groups is 1. The Labute approximate surface area is 258 Å². The molecule has 4 aromatic rings. The second-order valence-corrected chi connectivity index (χ2v) is 10.5. The SMILES string of the molecule is O=C(Nc1cc(S(=O)(=O)O)cc2cc(S(=O)(=O)O)cc(O)c12)c1ccc2nc(Cl)c(Cl)nc2c1.[Na].[Na]. The van der Waals surface area contributed by atoms with Gasteiger partial charge >= 0.3 is 0 Å². The van der Waals surface area contributed by atoms with Crippen LogP contribution in [0.1, 0.15) is 10.4 Å². The molecule has 3 aromatic carbocycles. The van der Waals surface area contributed by atoms with Gasteiger partial charge < -0.3 is 10.4 Å². The zero-order valence-corrected chi connectivity index (χ0v) is 25.5. The third-order valence-electron chi connectivity index (χ3n) is 4.66. The summed E-state index contributed by atoms with van der Waals surface area (Å²) < 4.78 is 65.2. The summed E-state index contributed by atoms with van der Waals surface area (Å²) in [6, 6.07) is 7.49. The van der Waals surface area contributed by atoms with Crippen LogP contribution in [0.5, 0.6) is 5.75 Å². The van der Waals surface area contributed by atoms with Crippen LogP contribution in [0.15, 0.2) is 52.3 Å². The third kappa shape index (κ3) is 6.49. The number of carbonyl (C=O) groups excluding carboxylic acids is 1. The van der Waals surface area contributed by atoms with E-state index in [1.807, 2.05) is 0 Å². The number of phenols is 1. The zero-order valence-electron chi connectivity index (χ0n) is 18.4. The second-order valence-electron chi connectivity index (χ2n) is 6.92. The number of aromatic nitrogens is 2. The van der Waals surface area contributed by atoms with Crippen molar-refractivity contribution >= 4 is 136 Å². The largest absolute Gasteiger partial charge is 0.507 e. The first-order valence-corrected chi connectivity index (χ1v) is 12.6. The number of rotatable bonds is 4. The van der Waals surface area contributed by atoms with Gasteiger partial charge in [-0.15, -0.1) is 0 Å². The summed E-state index contributed by atoms with van der Waals surface area (Å²) in [5.41, 5.74) is 0.355. The Morgan fingerprint density at radius 2 is 1.33 bits per heavy atom. The van der Waals surface area contributed by atoms with Crippen molar-refractivity contribution < 1.29 is 35.8 Å². The van der Waals surface area contributed by atoms with E-state index in [1.165, 1.54) is 18.2 Å². The quantitative estimate of drug-likeness (QED) is 0.204. The number of hydrogen-bond acceptors (Lipinski definition) is 8. The maximum Gasteiger partial charge on any atom is 0.294 e. The number of nitrogens with zero attached hydrogens (tertiary/aromatic N) is 2. The van der Waals surface area contributed by atoms with Crippen LogP contribution in [0.2, 0.25) is 10.3 Å². The number of halogens is 2. The Kier molecular flexibility index (Phi) is 9.82. The van der Waals surface area contributed by atoms with Crippen LogP contribution < -0.4 is 5.32 Å². The van der Waals surface area contributed by atoms with E-state index in [-0.39, 0.29) is 97.0 Å². The standard InChI is InChI=1S/C19H11Cl2N3O8S2.2Na/c20-17-18(21)23-13-5-8(1-2-12(13)22-17)19(26)24-14-6-10(33(27,28)29)3-9-4-11(34(30,31)32)7-15(25)16(9)14;;/h1-7,25H,(H,24,26)(H,27,28,29)(H,30,31,32);;. The average molecular weight is 590 g/mol. The Balaban J connectivity index is 0.00000228. The van der Waals surface area contributed by atoms with Crippen molar-refractivity contribution in [2.24, 2.45) is 0 Å². The summed E-state index contributed by atoms with van der Waals surface area (Å²) >= 11 is 11.7. The Hall–Kier alpha value is -1.07. The van der Waals surface area contributed by atoms with Crippen molar-refractivity contribution in [3.63, 3.8) is 0 Å².